The van der Waals surface area contributed by atoms with Gasteiger partial charge in [-0.15, -0.1) is 0 Å². The van der Waals surface area contributed by atoms with Gasteiger partial charge in [-0.25, -0.2) is 4.79 Å². The molecule has 0 radical (unpaired) electrons. The number of hydrogen-bond acceptors (Lipinski definition) is 2. The van der Waals surface area contributed by atoms with Gasteiger partial charge in [0.25, 0.3) is 0 Å². The third-order valence-electron chi connectivity index (χ3n) is 3.45. The number of urea groups is 1. The lowest BCUT2D eigenvalue weighted by Gasteiger charge is -2.35. The minimum atomic E-state index is -0.158. The van der Waals surface area contributed by atoms with Crippen LogP contribution in [-0.4, -0.2) is 47.9 Å². The Bertz CT molecular complexity index is 525. The number of carbonyl (C=O) groups is 2. The zero-order valence-electron chi connectivity index (χ0n) is 12.3. The van der Waals surface area contributed by atoms with Crippen LogP contribution in [0.2, 0.25) is 5.02 Å². The second kappa shape index (κ2) is 6.80. The summed E-state index contributed by atoms with van der Waals surface area (Å²) in [6, 6.07) is 6.89. The summed E-state index contributed by atoms with van der Waals surface area (Å²) in [5.74, 6) is 0.140. The van der Waals surface area contributed by atoms with Gasteiger partial charge in [0.2, 0.25) is 5.91 Å². The molecule has 6 heteroatoms. The van der Waals surface area contributed by atoms with Crippen molar-refractivity contribution in [1.29, 1.82) is 0 Å². The lowest BCUT2D eigenvalue weighted by molar-refractivity contribution is -0.135. The van der Waals surface area contributed by atoms with Gasteiger partial charge in [-0.2, -0.15) is 0 Å². The molecule has 2 rings (SSSR count). The fourth-order valence-corrected chi connectivity index (χ4v) is 2.45. The van der Waals surface area contributed by atoms with E-state index in [0.29, 0.717) is 36.9 Å². The second-order valence-electron chi connectivity index (χ2n) is 5.41. The van der Waals surface area contributed by atoms with Crippen LogP contribution in [0.3, 0.4) is 0 Å². The highest BCUT2D eigenvalue weighted by molar-refractivity contribution is 6.30. The molecule has 1 heterocycles. The Morgan fingerprint density at radius 2 is 1.76 bits per heavy atom. The molecule has 5 nitrogen and oxygen atoms in total. The number of anilines is 1. The number of amides is 3. The fraction of sp³-hybridized carbons (Fsp3) is 0.467. The second-order valence-corrected chi connectivity index (χ2v) is 5.84. The molecule has 0 atom stereocenters. The Labute approximate surface area is 129 Å². The highest BCUT2D eigenvalue weighted by Crippen LogP contribution is 2.16. The molecule has 1 aliphatic heterocycles. The van der Waals surface area contributed by atoms with Gasteiger partial charge < -0.3 is 15.1 Å². The van der Waals surface area contributed by atoms with Crippen molar-refractivity contribution in [2.75, 3.05) is 31.5 Å². The highest BCUT2D eigenvalue weighted by atomic mass is 35.5. The zero-order valence-corrected chi connectivity index (χ0v) is 13.1. The number of carbonyl (C=O) groups excluding carboxylic acids is 2. The lowest BCUT2D eigenvalue weighted by atomic mass is 10.1. The summed E-state index contributed by atoms with van der Waals surface area (Å²) < 4.78 is 0. The molecule has 1 saturated heterocycles. The van der Waals surface area contributed by atoms with Crippen LogP contribution in [-0.2, 0) is 4.79 Å². The molecule has 1 aliphatic rings. The number of benzene rings is 1. The minimum Gasteiger partial charge on any atom is -0.339 e. The third-order valence-corrected chi connectivity index (χ3v) is 3.68. The van der Waals surface area contributed by atoms with Crippen molar-refractivity contribution in [2.24, 2.45) is 5.92 Å². The van der Waals surface area contributed by atoms with Crippen molar-refractivity contribution in [3.8, 4) is 0 Å². The highest BCUT2D eigenvalue weighted by Gasteiger charge is 2.25. The minimum absolute atomic E-state index is 0.00293. The predicted octanol–water partition coefficient (Wildman–Crippen LogP) is 2.67. The Hall–Kier alpha value is -1.75. The molecule has 114 valence electrons. The van der Waals surface area contributed by atoms with E-state index in [1.165, 1.54) is 0 Å². The Balaban J connectivity index is 1.87. The topological polar surface area (TPSA) is 52.7 Å². The molecule has 0 saturated carbocycles. The summed E-state index contributed by atoms with van der Waals surface area (Å²) in [6.07, 6.45) is 0. The van der Waals surface area contributed by atoms with Crippen LogP contribution in [0.25, 0.3) is 0 Å². The van der Waals surface area contributed by atoms with Crippen LogP contribution < -0.4 is 5.32 Å². The van der Waals surface area contributed by atoms with Gasteiger partial charge in [0, 0.05) is 42.8 Å². The number of rotatable bonds is 2. The van der Waals surface area contributed by atoms with Gasteiger partial charge in [0.05, 0.1) is 0 Å². The third kappa shape index (κ3) is 4.11. The van der Waals surface area contributed by atoms with E-state index in [4.69, 9.17) is 11.6 Å². The van der Waals surface area contributed by atoms with E-state index >= 15 is 0 Å². The molecule has 0 spiro atoms. The van der Waals surface area contributed by atoms with E-state index in [-0.39, 0.29) is 17.9 Å². The van der Waals surface area contributed by atoms with Crippen molar-refractivity contribution >= 4 is 29.2 Å². The summed E-state index contributed by atoms with van der Waals surface area (Å²) in [5.41, 5.74) is 0.674. The maximum absolute atomic E-state index is 12.2. The summed E-state index contributed by atoms with van der Waals surface area (Å²) in [4.78, 5) is 27.6. The SMILES string of the molecule is CC(C)C(=O)N1CCN(C(=O)Nc2cccc(Cl)c2)CC1. The first-order chi connectivity index (χ1) is 9.97. The van der Waals surface area contributed by atoms with Crippen molar-refractivity contribution in [3.63, 3.8) is 0 Å². The molecule has 3 amide bonds. The molecule has 0 aliphatic carbocycles. The molecule has 1 aromatic rings. The van der Waals surface area contributed by atoms with Gasteiger partial charge >= 0.3 is 6.03 Å². The lowest BCUT2D eigenvalue weighted by Crippen LogP contribution is -2.52. The first kappa shape index (κ1) is 15.6. The molecule has 0 unspecified atom stereocenters. The number of piperazine rings is 1. The summed E-state index contributed by atoms with van der Waals surface area (Å²) in [7, 11) is 0. The largest absolute Gasteiger partial charge is 0.339 e. The van der Waals surface area contributed by atoms with Crippen LogP contribution in [0.4, 0.5) is 10.5 Å². The summed E-state index contributed by atoms with van der Waals surface area (Å²) >= 11 is 5.89. The Kier molecular flexibility index (Phi) is 5.07. The molecule has 0 aromatic heterocycles. The molecule has 1 N–H and O–H groups in total. The predicted molar refractivity (Wildman–Crippen MR) is 83.5 cm³/mol. The van der Waals surface area contributed by atoms with Gasteiger partial charge in [0.15, 0.2) is 0 Å². The Morgan fingerprint density at radius 1 is 1.14 bits per heavy atom. The molecule has 0 bridgehead atoms. The van der Waals surface area contributed by atoms with Crippen LogP contribution in [0, 0.1) is 5.92 Å². The molecule has 21 heavy (non-hydrogen) atoms. The number of nitrogens with one attached hydrogen (secondary N) is 1. The van der Waals surface area contributed by atoms with Crippen LogP contribution in [0.15, 0.2) is 24.3 Å². The molecular weight excluding hydrogens is 290 g/mol. The zero-order chi connectivity index (χ0) is 15.4. The van der Waals surface area contributed by atoms with Crippen LogP contribution in [0.5, 0.6) is 0 Å². The van der Waals surface area contributed by atoms with Crippen LogP contribution >= 0.6 is 11.6 Å². The van der Waals surface area contributed by atoms with E-state index in [1.807, 2.05) is 18.7 Å². The van der Waals surface area contributed by atoms with Gasteiger partial charge in [-0.1, -0.05) is 31.5 Å². The van der Waals surface area contributed by atoms with Gasteiger partial charge in [-0.3, -0.25) is 4.79 Å². The molecule has 1 fully saturated rings. The number of hydrogen-bond donors (Lipinski definition) is 1. The van der Waals surface area contributed by atoms with E-state index in [9.17, 15) is 9.59 Å². The first-order valence-electron chi connectivity index (χ1n) is 7.07. The summed E-state index contributed by atoms with van der Waals surface area (Å²) in [6.45, 7) is 6.04. The average molecular weight is 310 g/mol. The van der Waals surface area contributed by atoms with E-state index in [2.05, 4.69) is 5.32 Å². The van der Waals surface area contributed by atoms with E-state index < -0.39 is 0 Å². The van der Waals surface area contributed by atoms with E-state index in [0.717, 1.165) is 0 Å². The number of nitrogens with zero attached hydrogens (tertiary/aromatic N) is 2. The normalized spacial score (nSPS) is 15.2. The average Bonchev–Trinajstić information content (AvgIpc) is 2.46. The quantitative estimate of drug-likeness (QED) is 0.913. The van der Waals surface area contributed by atoms with Gasteiger partial charge in [-0.05, 0) is 18.2 Å². The van der Waals surface area contributed by atoms with Gasteiger partial charge in [0.1, 0.15) is 0 Å². The first-order valence-corrected chi connectivity index (χ1v) is 7.45. The molecule has 1 aromatic carbocycles. The summed E-state index contributed by atoms with van der Waals surface area (Å²) in [5, 5.41) is 3.40. The standard InChI is InChI=1S/C15H20ClN3O2/c1-11(2)14(20)18-6-8-19(9-7-18)15(21)17-13-5-3-4-12(16)10-13/h3-5,10-11H,6-9H2,1-2H3,(H,17,21). The smallest absolute Gasteiger partial charge is 0.321 e. The van der Waals surface area contributed by atoms with Crippen molar-refractivity contribution in [3.05, 3.63) is 29.3 Å². The number of halogens is 1. The van der Waals surface area contributed by atoms with Crippen molar-refractivity contribution in [1.82, 2.24) is 9.80 Å². The Morgan fingerprint density at radius 3 is 2.33 bits per heavy atom. The van der Waals surface area contributed by atoms with E-state index in [1.54, 1.807) is 29.2 Å². The van der Waals surface area contributed by atoms with Crippen molar-refractivity contribution < 1.29 is 9.59 Å². The van der Waals surface area contributed by atoms with Crippen molar-refractivity contribution in [2.45, 2.75) is 13.8 Å². The fourth-order valence-electron chi connectivity index (χ4n) is 2.26. The maximum atomic E-state index is 12.2. The van der Waals surface area contributed by atoms with Crippen LogP contribution in [0.1, 0.15) is 13.8 Å². The molecular formula is C15H20ClN3O2. The maximum Gasteiger partial charge on any atom is 0.321 e. The monoisotopic (exact) mass is 309 g/mol.